The topological polar surface area (TPSA) is 67.6 Å². The van der Waals surface area contributed by atoms with Crippen molar-refractivity contribution in [1.82, 2.24) is 10.2 Å². The zero-order valence-corrected chi connectivity index (χ0v) is 12.4. The van der Waals surface area contributed by atoms with Gasteiger partial charge in [-0.1, -0.05) is 12.1 Å². The molecule has 0 heterocycles. The Bertz CT molecular complexity index is 393. The van der Waals surface area contributed by atoms with Gasteiger partial charge in [-0.3, -0.25) is 4.79 Å². The van der Waals surface area contributed by atoms with E-state index in [0.717, 1.165) is 25.1 Å². The van der Waals surface area contributed by atoms with Gasteiger partial charge in [-0.05, 0) is 37.7 Å². The molecule has 0 atom stereocenters. The maximum absolute atomic E-state index is 11.9. The normalized spacial score (nSPS) is 10.8. The van der Waals surface area contributed by atoms with Crippen LogP contribution in [0.25, 0.3) is 0 Å². The summed E-state index contributed by atoms with van der Waals surface area (Å²) < 4.78 is 5.00. The van der Waals surface area contributed by atoms with Crippen molar-refractivity contribution < 1.29 is 9.53 Å². The predicted octanol–water partition coefficient (Wildman–Crippen LogP) is 0.496. The fourth-order valence-electron chi connectivity index (χ4n) is 1.81. The minimum atomic E-state index is -0.0376. The van der Waals surface area contributed by atoms with Crippen molar-refractivity contribution in [2.75, 3.05) is 46.9 Å². The van der Waals surface area contributed by atoms with E-state index >= 15 is 0 Å². The second-order valence-corrected chi connectivity index (χ2v) is 4.79. The number of benzene rings is 1. The van der Waals surface area contributed by atoms with Gasteiger partial charge < -0.3 is 20.7 Å². The number of nitrogens with zero attached hydrogens (tertiary/aromatic N) is 1. The first-order valence-corrected chi connectivity index (χ1v) is 6.92. The van der Waals surface area contributed by atoms with E-state index < -0.39 is 0 Å². The third-order valence-corrected chi connectivity index (χ3v) is 3.11. The van der Waals surface area contributed by atoms with E-state index in [4.69, 9.17) is 10.5 Å². The lowest BCUT2D eigenvalue weighted by molar-refractivity contribution is 0.0947. The first-order valence-electron chi connectivity index (χ1n) is 6.92. The van der Waals surface area contributed by atoms with Gasteiger partial charge in [0.05, 0.1) is 6.61 Å². The number of likely N-dealkylation sites (N-methyl/N-ethyl adjacent to an activating group) is 1. The highest BCUT2D eigenvalue weighted by Crippen LogP contribution is 2.04. The van der Waals surface area contributed by atoms with Crippen LogP contribution >= 0.6 is 0 Å². The Morgan fingerprint density at radius 1 is 1.30 bits per heavy atom. The molecule has 5 heteroatoms. The molecule has 0 spiro atoms. The summed E-state index contributed by atoms with van der Waals surface area (Å²) in [5.74, 6) is -0.0376. The lowest BCUT2D eigenvalue weighted by atomic mass is 10.1. The zero-order chi connectivity index (χ0) is 14.8. The van der Waals surface area contributed by atoms with Crippen LogP contribution in [0, 0.1) is 0 Å². The molecule has 0 aliphatic carbocycles. The summed E-state index contributed by atoms with van der Waals surface area (Å²) in [6.07, 6.45) is 0.839. The molecule has 1 aromatic rings. The average molecular weight is 279 g/mol. The van der Waals surface area contributed by atoms with E-state index in [9.17, 15) is 4.79 Å². The van der Waals surface area contributed by atoms with Crippen LogP contribution in [-0.4, -0.2) is 57.8 Å². The number of nitrogens with two attached hydrogens (primary N) is 1. The lowest BCUT2D eigenvalue weighted by Crippen LogP contribution is -2.34. The van der Waals surface area contributed by atoms with Crippen molar-refractivity contribution in [1.29, 1.82) is 0 Å². The Kier molecular flexibility index (Phi) is 7.87. The molecule has 0 radical (unpaired) electrons. The number of methoxy groups -OCH3 is 1. The number of amides is 1. The summed E-state index contributed by atoms with van der Waals surface area (Å²) >= 11 is 0. The number of hydrogen-bond donors (Lipinski definition) is 2. The van der Waals surface area contributed by atoms with Crippen molar-refractivity contribution in [3.05, 3.63) is 35.4 Å². The molecule has 1 amide bonds. The number of rotatable bonds is 9. The number of nitrogens with one attached hydrogen (secondary N) is 1. The molecule has 3 N–H and O–H groups in total. The molecule has 0 unspecified atom stereocenters. The van der Waals surface area contributed by atoms with Gasteiger partial charge in [0.25, 0.3) is 5.91 Å². The first-order chi connectivity index (χ1) is 9.67. The quantitative estimate of drug-likeness (QED) is 0.690. The maximum atomic E-state index is 11.9. The number of carbonyl (C=O) groups is 1. The SMILES string of the molecule is COCCN(C)CCNC(=O)c1ccc(CCN)cc1. The molecule has 112 valence electrons. The van der Waals surface area contributed by atoms with E-state index in [1.165, 1.54) is 0 Å². The Hall–Kier alpha value is -1.43. The molecule has 1 rings (SSSR count). The summed E-state index contributed by atoms with van der Waals surface area (Å²) in [6.45, 7) is 3.62. The lowest BCUT2D eigenvalue weighted by Gasteiger charge is -2.16. The van der Waals surface area contributed by atoms with Gasteiger partial charge in [-0.25, -0.2) is 0 Å². The van der Waals surface area contributed by atoms with Crippen LogP contribution in [0.5, 0.6) is 0 Å². The molecule has 5 nitrogen and oxygen atoms in total. The average Bonchev–Trinajstić information content (AvgIpc) is 2.46. The fraction of sp³-hybridized carbons (Fsp3) is 0.533. The zero-order valence-electron chi connectivity index (χ0n) is 12.4. The minimum absolute atomic E-state index is 0.0376. The number of hydrogen-bond acceptors (Lipinski definition) is 4. The van der Waals surface area contributed by atoms with Gasteiger partial charge in [0.2, 0.25) is 0 Å². The molecule has 0 saturated heterocycles. The number of carbonyl (C=O) groups excluding carboxylic acids is 1. The summed E-state index contributed by atoms with van der Waals surface area (Å²) in [4.78, 5) is 14.0. The third kappa shape index (κ3) is 6.14. The Balaban J connectivity index is 2.31. The van der Waals surface area contributed by atoms with Gasteiger partial charge in [0.15, 0.2) is 0 Å². The van der Waals surface area contributed by atoms with Gasteiger partial charge in [0, 0.05) is 32.3 Å². The minimum Gasteiger partial charge on any atom is -0.383 e. The highest BCUT2D eigenvalue weighted by molar-refractivity contribution is 5.94. The second-order valence-electron chi connectivity index (χ2n) is 4.79. The van der Waals surface area contributed by atoms with Gasteiger partial charge in [-0.15, -0.1) is 0 Å². The molecule has 0 fully saturated rings. The molecular weight excluding hydrogens is 254 g/mol. The van der Waals surface area contributed by atoms with Crippen molar-refractivity contribution in [2.24, 2.45) is 5.73 Å². The van der Waals surface area contributed by atoms with Crippen molar-refractivity contribution in [3.8, 4) is 0 Å². The summed E-state index contributed by atoms with van der Waals surface area (Å²) in [6, 6.07) is 7.59. The van der Waals surface area contributed by atoms with Crippen LogP contribution in [-0.2, 0) is 11.2 Å². The third-order valence-electron chi connectivity index (χ3n) is 3.11. The Morgan fingerprint density at radius 3 is 2.60 bits per heavy atom. The van der Waals surface area contributed by atoms with E-state index in [-0.39, 0.29) is 5.91 Å². The van der Waals surface area contributed by atoms with E-state index in [1.54, 1.807) is 7.11 Å². The molecule has 0 aliphatic rings. The Morgan fingerprint density at radius 2 is 2.00 bits per heavy atom. The standard InChI is InChI=1S/C15H25N3O2/c1-18(11-12-20-2)10-9-17-15(19)14-5-3-13(4-6-14)7-8-16/h3-6H,7-12,16H2,1-2H3,(H,17,19). The van der Waals surface area contributed by atoms with Gasteiger partial charge in [-0.2, -0.15) is 0 Å². The van der Waals surface area contributed by atoms with Gasteiger partial charge in [0.1, 0.15) is 0 Å². The Labute approximate surface area is 121 Å². The maximum Gasteiger partial charge on any atom is 0.251 e. The first kappa shape index (κ1) is 16.6. The van der Waals surface area contributed by atoms with Crippen LogP contribution in [0.3, 0.4) is 0 Å². The second kappa shape index (κ2) is 9.47. The predicted molar refractivity (Wildman–Crippen MR) is 80.9 cm³/mol. The van der Waals surface area contributed by atoms with E-state index in [0.29, 0.717) is 25.3 Å². The highest BCUT2D eigenvalue weighted by Gasteiger charge is 2.05. The van der Waals surface area contributed by atoms with Crippen LogP contribution in [0.4, 0.5) is 0 Å². The highest BCUT2D eigenvalue weighted by atomic mass is 16.5. The van der Waals surface area contributed by atoms with E-state index in [1.807, 2.05) is 31.3 Å². The summed E-state index contributed by atoms with van der Waals surface area (Å²) in [5.41, 5.74) is 7.34. The van der Waals surface area contributed by atoms with E-state index in [2.05, 4.69) is 10.2 Å². The monoisotopic (exact) mass is 279 g/mol. The molecule has 0 aliphatic heterocycles. The number of ether oxygens (including phenoxy) is 1. The summed E-state index contributed by atoms with van der Waals surface area (Å²) in [5, 5.41) is 2.91. The molecule has 0 bridgehead atoms. The fourth-order valence-corrected chi connectivity index (χ4v) is 1.81. The molecule has 0 saturated carbocycles. The van der Waals surface area contributed by atoms with Crippen LogP contribution < -0.4 is 11.1 Å². The van der Waals surface area contributed by atoms with Crippen molar-refractivity contribution in [3.63, 3.8) is 0 Å². The molecule has 1 aromatic carbocycles. The smallest absolute Gasteiger partial charge is 0.251 e. The molecular formula is C15H25N3O2. The van der Waals surface area contributed by atoms with Gasteiger partial charge >= 0.3 is 0 Å². The van der Waals surface area contributed by atoms with Crippen LogP contribution in [0.1, 0.15) is 15.9 Å². The largest absolute Gasteiger partial charge is 0.383 e. The summed E-state index contributed by atoms with van der Waals surface area (Å²) in [7, 11) is 3.69. The van der Waals surface area contributed by atoms with Crippen molar-refractivity contribution >= 4 is 5.91 Å². The van der Waals surface area contributed by atoms with Crippen molar-refractivity contribution in [2.45, 2.75) is 6.42 Å². The van der Waals surface area contributed by atoms with Crippen LogP contribution in [0.15, 0.2) is 24.3 Å². The molecule has 20 heavy (non-hydrogen) atoms. The van der Waals surface area contributed by atoms with Crippen LogP contribution in [0.2, 0.25) is 0 Å². The molecule has 0 aromatic heterocycles.